The van der Waals surface area contributed by atoms with Crippen molar-refractivity contribution in [2.24, 2.45) is 0 Å². The van der Waals surface area contributed by atoms with Crippen molar-refractivity contribution in [1.82, 2.24) is 25.1 Å². The Hall–Kier alpha value is -3.88. The average molecular weight is 395 g/mol. The molecule has 0 aliphatic carbocycles. The number of nitrogens with zero attached hydrogens (tertiary/aromatic N) is 2. The Morgan fingerprint density at radius 2 is 1.62 bits per heavy atom. The Kier molecular flexibility index (Phi) is 3.60. The molecule has 3 N–H and O–H groups in total. The first-order valence-corrected chi connectivity index (χ1v) is 8.64. The third-order valence-corrected chi connectivity index (χ3v) is 4.69. The van der Waals surface area contributed by atoms with Gasteiger partial charge in [0.1, 0.15) is 5.69 Å². The van der Waals surface area contributed by atoms with Crippen LogP contribution in [0.15, 0.2) is 59.4 Å². The maximum atomic E-state index is 13.9. The fourth-order valence-corrected chi connectivity index (χ4v) is 3.40. The van der Waals surface area contributed by atoms with Gasteiger partial charge >= 0.3 is 11.9 Å². The minimum Gasteiger partial charge on any atom is -0.306 e. The van der Waals surface area contributed by atoms with Gasteiger partial charge in [-0.05, 0) is 18.2 Å². The number of aromatic amines is 3. The summed E-state index contributed by atoms with van der Waals surface area (Å²) in [6.45, 7) is 0. The molecule has 29 heavy (non-hydrogen) atoms. The lowest BCUT2D eigenvalue weighted by Gasteiger charge is -2.11. The van der Waals surface area contributed by atoms with Gasteiger partial charge in [-0.3, -0.25) is 5.10 Å². The lowest BCUT2D eigenvalue weighted by atomic mass is 10.0. The van der Waals surface area contributed by atoms with E-state index in [4.69, 9.17) is 0 Å². The minimum atomic E-state index is -4.60. The topological polar surface area (TPSA) is 90.2 Å². The molecule has 0 amide bonds. The van der Waals surface area contributed by atoms with Gasteiger partial charge in [-0.15, -0.1) is 0 Å². The first-order chi connectivity index (χ1) is 13.9. The molecule has 0 saturated carbocycles. The number of hydrogen-bond acceptors (Lipinski definition) is 3. The first-order valence-electron chi connectivity index (χ1n) is 8.64. The molecule has 3 aromatic heterocycles. The number of aromatic nitrogens is 5. The maximum absolute atomic E-state index is 13.9. The molecule has 0 fully saturated rings. The molecule has 6 nitrogen and oxygen atoms in total. The van der Waals surface area contributed by atoms with Crippen LogP contribution in [0.3, 0.4) is 0 Å². The Morgan fingerprint density at radius 1 is 0.862 bits per heavy atom. The Morgan fingerprint density at radius 3 is 2.38 bits per heavy atom. The largest absolute Gasteiger partial charge is 0.417 e. The van der Waals surface area contributed by atoms with Gasteiger partial charge in [0.15, 0.2) is 5.65 Å². The van der Waals surface area contributed by atoms with E-state index in [1.165, 1.54) is 0 Å². The Balaban J connectivity index is 1.77. The number of H-pyrrole nitrogens is 3. The second kappa shape index (κ2) is 6.06. The van der Waals surface area contributed by atoms with Crippen LogP contribution in [0.1, 0.15) is 5.56 Å². The van der Waals surface area contributed by atoms with Crippen molar-refractivity contribution >= 4 is 22.1 Å². The van der Waals surface area contributed by atoms with Crippen LogP contribution >= 0.6 is 0 Å². The van der Waals surface area contributed by atoms with Crippen LogP contribution < -0.4 is 5.69 Å². The van der Waals surface area contributed by atoms with Crippen LogP contribution in [0.2, 0.25) is 0 Å². The molecule has 0 atom stereocenters. The number of pyridine rings is 1. The molecule has 0 aliphatic heterocycles. The number of halogens is 3. The van der Waals surface area contributed by atoms with E-state index in [-0.39, 0.29) is 22.4 Å². The third-order valence-electron chi connectivity index (χ3n) is 4.69. The highest BCUT2D eigenvalue weighted by atomic mass is 19.4. The Labute approximate surface area is 160 Å². The van der Waals surface area contributed by atoms with Crippen LogP contribution in [0.5, 0.6) is 0 Å². The van der Waals surface area contributed by atoms with E-state index >= 15 is 0 Å². The number of hydrogen-bond donors (Lipinski definition) is 3. The quantitative estimate of drug-likeness (QED) is 0.412. The highest BCUT2D eigenvalue weighted by Crippen LogP contribution is 2.40. The normalized spacial score (nSPS) is 12.1. The number of fused-ring (bicyclic) bond motifs is 2. The number of nitrogens with one attached hydrogen (secondary N) is 3. The number of benzene rings is 2. The zero-order valence-corrected chi connectivity index (χ0v) is 14.6. The summed E-state index contributed by atoms with van der Waals surface area (Å²) in [4.78, 5) is 21.0. The van der Waals surface area contributed by atoms with Gasteiger partial charge in [-0.1, -0.05) is 36.4 Å². The van der Waals surface area contributed by atoms with Gasteiger partial charge in [-0.25, -0.2) is 9.78 Å². The van der Waals surface area contributed by atoms with Crippen molar-refractivity contribution in [3.8, 4) is 22.5 Å². The van der Waals surface area contributed by atoms with Crippen molar-refractivity contribution < 1.29 is 13.2 Å². The summed E-state index contributed by atoms with van der Waals surface area (Å²) in [5.74, 6) is 0. The van der Waals surface area contributed by atoms with Gasteiger partial charge in [0.2, 0.25) is 0 Å². The predicted molar refractivity (Wildman–Crippen MR) is 102 cm³/mol. The molecule has 2 aromatic carbocycles. The van der Waals surface area contributed by atoms with Crippen LogP contribution in [0.25, 0.3) is 44.6 Å². The smallest absolute Gasteiger partial charge is 0.306 e. The van der Waals surface area contributed by atoms with Crippen molar-refractivity contribution in [3.63, 3.8) is 0 Å². The summed E-state index contributed by atoms with van der Waals surface area (Å²) in [5, 5.41) is 6.63. The monoisotopic (exact) mass is 395 g/mol. The zero-order chi connectivity index (χ0) is 20.2. The Bertz CT molecular complexity index is 1410. The fourth-order valence-electron chi connectivity index (χ4n) is 3.40. The molecule has 0 unspecified atom stereocenters. The average Bonchev–Trinajstić information content (AvgIpc) is 3.28. The standard InChI is InChI=1S/C20H12F3N5O/c21-20(22,23)12-9-14(11-6-7-13-15(8-11)26-19(29)25-13)24-18-16(12)17(27-28-18)10-4-2-1-3-5-10/h1-9H,(H,24,27,28)(H2,25,26,29). The van der Waals surface area contributed by atoms with E-state index in [0.717, 1.165) is 6.07 Å². The van der Waals surface area contributed by atoms with Crippen molar-refractivity contribution in [2.75, 3.05) is 0 Å². The number of alkyl halides is 3. The summed E-state index contributed by atoms with van der Waals surface area (Å²) in [6.07, 6.45) is -4.60. The minimum absolute atomic E-state index is 0.0383. The predicted octanol–water partition coefficient (Wildman–Crippen LogP) is 4.48. The van der Waals surface area contributed by atoms with Crippen LogP contribution in [0.4, 0.5) is 13.2 Å². The second-order valence-electron chi connectivity index (χ2n) is 6.55. The van der Waals surface area contributed by atoms with E-state index in [1.54, 1.807) is 48.5 Å². The molecule has 0 radical (unpaired) electrons. The fraction of sp³-hybridized carbons (Fsp3) is 0.0500. The summed E-state index contributed by atoms with van der Waals surface area (Å²) < 4.78 is 41.8. The van der Waals surface area contributed by atoms with Gasteiger partial charge in [0, 0.05) is 11.1 Å². The lowest BCUT2D eigenvalue weighted by molar-refractivity contribution is -0.136. The van der Waals surface area contributed by atoms with E-state index in [1.807, 2.05) is 0 Å². The van der Waals surface area contributed by atoms with Gasteiger partial charge in [0.25, 0.3) is 0 Å². The van der Waals surface area contributed by atoms with E-state index in [9.17, 15) is 18.0 Å². The van der Waals surface area contributed by atoms with Crippen LogP contribution in [-0.4, -0.2) is 25.1 Å². The molecule has 9 heteroatoms. The third kappa shape index (κ3) is 2.87. The molecule has 144 valence electrons. The summed E-state index contributed by atoms with van der Waals surface area (Å²) >= 11 is 0. The molecular weight excluding hydrogens is 383 g/mol. The summed E-state index contributed by atoms with van der Waals surface area (Å²) in [7, 11) is 0. The van der Waals surface area contributed by atoms with E-state index < -0.39 is 17.4 Å². The van der Waals surface area contributed by atoms with E-state index in [0.29, 0.717) is 22.2 Å². The van der Waals surface area contributed by atoms with E-state index in [2.05, 4.69) is 25.1 Å². The lowest BCUT2D eigenvalue weighted by Crippen LogP contribution is -2.07. The molecule has 0 spiro atoms. The molecule has 5 rings (SSSR count). The highest BCUT2D eigenvalue weighted by molar-refractivity contribution is 5.95. The van der Waals surface area contributed by atoms with Crippen molar-refractivity contribution in [2.45, 2.75) is 6.18 Å². The van der Waals surface area contributed by atoms with Crippen molar-refractivity contribution in [1.29, 1.82) is 0 Å². The SMILES string of the molecule is O=c1[nH]c2ccc(-c3cc(C(F)(F)F)c4c(-c5ccccc5)n[nH]c4n3)cc2[nH]1. The molecule has 0 aliphatic rings. The van der Waals surface area contributed by atoms with Crippen LogP contribution in [-0.2, 0) is 6.18 Å². The van der Waals surface area contributed by atoms with Gasteiger partial charge in [0.05, 0.1) is 27.7 Å². The van der Waals surface area contributed by atoms with Crippen LogP contribution in [0, 0.1) is 0 Å². The highest BCUT2D eigenvalue weighted by Gasteiger charge is 2.35. The molecule has 0 saturated heterocycles. The summed E-state index contributed by atoms with van der Waals surface area (Å²) in [6, 6.07) is 14.4. The zero-order valence-electron chi connectivity index (χ0n) is 14.6. The first kappa shape index (κ1) is 17.2. The number of rotatable bonds is 2. The van der Waals surface area contributed by atoms with Gasteiger partial charge in [-0.2, -0.15) is 18.3 Å². The molecule has 3 heterocycles. The summed E-state index contributed by atoms with van der Waals surface area (Å²) in [5.41, 5.74) is 1.18. The maximum Gasteiger partial charge on any atom is 0.417 e. The number of imidazole rings is 1. The van der Waals surface area contributed by atoms with Gasteiger partial charge < -0.3 is 9.97 Å². The van der Waals surface area contributed by atoms with Crippen molar-refractivity contribution in [3.05, 3.63) is 70.6 Å². The molecule has 0 bridgehead atoms. The second-order valence-corrected chi connectivity index (χ2v) is 6.55. The molecule has 5 aromatic rings. The molecular formula is C20H12F3N5O.